The highest BCUT2D eigenvalue weighted by atomic mass is 15.2. The number of rotatable bonds is 6. The third-order valence-corrected chi connectivity index (χ3v) is 13.5. The molecular weight excluding hydrogens is 870 g/mol. The molecule has 11 rings (SSSR count). The average molecular weight is 954 g/mol. The standard InChI is InChI=1S/C68H68BN3/c1-65(2,3)49-26-33-53(34-27-49)71-60-37-30-51(67(7,8)9)41-58(60)69-59-42-52(68(10,11)12)31-38-61(59)72(54-35-28-50(29-36-54)66(4,5)6)63-44-57(43-62(71)64(63)69)70(56-32-25-46-21-16-17-22-47(46)40-56)55-24-18-23-48(39-55)45-19-14-13-15-20-45/h13-44H,1-12H3/i26D,27D,28D,29D,30D,31D,33D,34D,35D,36D,37D,38D,41D,42D,43D,44D. The van der Waals surface area contributed by atoms with Crippen LogP contribution in [0.4, 0.5) is 51.2 Å². The molecular formula is C68H68BN3. The molecule has 0 aliphatic carbocycles. The lowest BCUT2D eigenvalue weighted by Gasteiger charge is -2.45. The van der Waals surface area contributed by atoms with Crippen LogP contribution in [0.5, 0.6) is 0 Å². The van der Waals surface area contributed by atoms with Gasteiger partial charge in [-0.1, -0.05) is 204 Å². The SMILES string of the molecule is [2H]c1c([2H])c(C(C)(C)C)c([2H])c([2H])c1N1c2c([2H])c([2H])c(C(C)(C)C)c([2H])c2B2c3c([2H])c(C(C)(C)C)c([2H])c([2H])c3N(c3c([2H])c([2H])c(C(C)(C)C)c([2H])c3[2H])c3c([2H])c(N(c4cccc(-c5ccccc5)c4)c4ccc5ccccc5c4)c([2H])c1c32. The molecule has 4 heteroatoms. The molecule has 2 heterocycles. The summed E-state index contributed by atoms with van der Waals surface area (Å²) in [6, 6.07) is 22.8. The molecule has 9 aromatic rings. The first-order valence-corrected chi connectivity index (χ1v) is 24.7. The Morgan fingerprint density at radius 1 is 0.375 bits per heavy atom. The quantitative estimate of drug-likeness (QED) is 0.154. The van der Waals surface area contributed by atoms with Crippen molar-refractivity contribution in [1.29, 1.82) is 0 Å². The van der Waals surface area contributed by atoms with Crippen molar-refractivity contribution in [2.24, 2.45) is 0 Å². The number of benzene rings is 9. The molecule has 0 amide bonds. The van der Waals surface area contributed by atoms with Crippen LogP contribution in [0.2, 0.25) is 0 Å². The summed E-state index contributed by atoms with van der Waals surface area (Å²) < 4.78 is 164. The fourth-order valence-electron chi connectivity index (χ4n) is 9.46. The highest BCUT2D eigenvalue weighted by molar-refractivity contribution is 7.00. The molecule has 0 bridgehead atoms. The predicted molar refractivity (Wildman–Crippen MR) is 313 cm³/mol. The monoisotopic (exact) mass is 954 g/mol. The van der Waals surface area contributed by atoms with E-state index in [2.05, 4.69) is 0 Å². The highest BCUT2D eigenvalue weighted by Gasteiger charge is 2.45. The molecule has 0 saturated heterocycles. The van der Waals surface area contributed by atoms with Crippen LogP contribution < -0.4 is 31.1 Å². The molecule has 0 unspecified atom stereocenters. The van der Waals surface area contributed by atoms with E-state index in [9.17, 15) is 21.9 Å². The Bertz CT molecular complexity index is 4230. The van der Waals surface area contributed by atoms with E-state index in [1.54, 1.807) is 94.1 Å². The summed E-state index contributed by atoms with van der Waals surface area (Å²) in [5.41, 5.74) is -3.71. The Kier molecular flexibility index (Phi) is 7.62. The second kappa shape index (κ2) is 17.2. The summed E-state index contributed by atoms with van der Waals surface area (Å²) >= 11 is 0. The third-order valence-electron chi connectivity index (χ3n) is 13.5. The minimum Gasteiger partial charge on any atom is -0.311 e. The number of hydrogen-bond donors (Lipinski definition) is 0. The molecule has 358 valence electrons. The van der Waals surface area contributed by atoms with Crippen LogP contribution in [0, 0.1) is 0 Å². The summed E-state index contributed by atoms with van der Waals surface area (Å²) in [5.74, 6) is 0. The average Bonchev–Trinajstić information content (AvgIpc) is 0.677. The van der Waals surface area contributed by atoms with E-state index in [0.717, 1.165) is 21.9 Å². The van der Waals surface area contributed by atoms with E-state index in [0.29, 0.717) is 11.4 Å². The Balaban J connectivity index is 1.47. The maximum Gasteiger partial charge on any atom is 0.252 e. The third kappa shape index (κ3) is 8.39. The first kappa shape index (κ1) is 31.9. The number of anilines is 9. The van der Waals surface area contributed by atoms with Crippen molar-refractivity contribution in [2.45, 2.75) is 105 Å². The lowest BCUT2D eigenvalue weighted by Crippen LogP contribution is -2.61. The summed E-state index contributed by atoms with van der Waals surface area (Å²) in [6.45, 7) is 19.7. The van der Waals surface area contributed by atoms with Crippen LogP contribution in [0.25, 0.3) is 21.9 Å². The van der Waals surface area contributed by atoms with E-state index in [4.69, 9.17) is 0 Å². The van der Waals surface area contributed by atoms with Crippen molar-refractivity contribution < 1.29 is 21.9 Å². The van der Waals surface area contributed by atoms with Gasteiger partial charge in [0.2, 0.25) is 0 Å². The van der Waals surface area contributed by atoms with Crippen molar-refractivity contribution in [3.05, 3.63) is 216 Å². The molecule has 0 radical (unpaired) electrons. The van der Waals surface area contributed by atoms with Crippen LogP contribution in [0.1, 0.15) is 127 Å². The van der Waals surface area contributed by atoms with Gasteiger partial charge in [-0.15, -0.1) is 0 Å². The van der Waals surface area contributed by atoms with E-state index in [1.165, 1.54) is 9.80 Å². The molecule has 2 aliphatic heterocycles. The van der Waals surface area contributed by atoms with Gasteiger partial charge in [0.05, 0.1) is 27.6 Å². The van der Waals surface area contributed by atoms with Crippen molar-refractivity contribution in [3.8, 4) is 11.1 Å². The van der Waals surface area contributed by atoms with Gasteiger partial charge in [-0.05, 0) is 155 Å². The zero-order valence-corrected chi connectivity index (χ0v) is 43.2. The molecule has 0 atom stereocenters. The zero-order chi connectivity index (χ0) is 64.4. The number of fused-ring (bicyclic) bond motifs is 5. The predicted octanol–water partition coefficient (Wildman–Crippen LogP) is 17.2. The highest BCUT2D eigenvalue weighted by Crippen LogP contribution is 2.49. The van der Waals surface area contributed by atoms with E-state index < -0.39 is 124 Å². The summed E-state index contributed by atoms with van der Waals surface area (Å²) in [6.07, 6.45) is 0. The minimum absolute atomic E-state index is 0.0684. The van der Waals surface area contributed by atoms with Gasteiger partial charge in [0.15, 0.2) is 0 Å². The second-order valence-electron chi connectivity index (χ2n) is 23.1. The van der Waals surface area contributed by atoms with Gasteiger partial charge in [-0.3, -0.25) is 0 Å². The molecule has 0 fully saturated rings. The van der Waals surface area contributed by atoms with E-state index >= 15 is 0 Å². The summed E-state index contributed by atoms with van der Waals surface area (Å²) in [4.78, 5) is 4.17. The normalized spacial score (nSPS) is 16.6. The lowest BCUT2D eigenvalue weighted by molar-refractivity contribution is 0.590. The van der Waals surface area contributed by atoms with Gasteiger partial charge < -0.3 is 14.7 Å². The Hall–Kier alpha value is -7.30. The maximum atomic E-state index is 11.2. The molecule has 2 aliphatic rings. The fraction of sp³-hybridized carbons (Fsp3) is 0.235. The molecule has 3 nitrogen and oxygen atoms in total. The van der Waals surface area contributed by atoms with Crippen LogP contribution >= 0.6 is 0 Å². The Morgan fingerprint density at radius 2 is 0.819 bits per heavy atom. The zero-order valence-electron chi connectivity index (χ0n) is 59.2. The first-order valence-electron chi connectivity index (χ1n) is 32.7. The largest absolute Gasteiger partial charge is 0.311 e. The first-order chi connectivity index (χ1) is 41.0. The van der Waals surface area contributed by atoms with Gasteiger partial charge in [0.1, 0.15) is 0 Å². The fourth-order valence-corrected chi connectivity index (χ4v) is 9.46. The molecule has 0 N–H and O–H groups in total. The smallest absolute Gasteiger partial charge is 0.252 e. The number of hydrogen-bond acceptors (Lipinski definition) is 3. The van der Waals surface area contributed by atoms with E-state index in [-0.39, 0.29) is 79.2 Å². The minimum atomic E-state index is -1.57. The van der Waals surface area contributed by atoms with E-state index in [1.807, 2.05) is 91.0 Å². The molecule has 0 saturated carbocycles. The number of nitrogens with zero attached hydrogens (tertiary/aromatic N) is 3. The van der Waals surface area contributed by atoms with Crippen LogP contribution in [0.3, 0.4) is 0 Å². The molecule has 0 spiro atoms. The maximum absolute atomic E-state index is 11.2. The van der Waals surface area contributed by atoms with Crippen molar-refractivity contribution in [2.75, 3.05) is 14.7 Å². The van der Waals surface area contributed by atoms with Gasteiger partial charge in [0, 0.05) is 45.5 Å². The Labute approximate surface area is 452 Å². The van der Waals surface area contributed by atoms with Crippen molar-refractivity contribution in [1.82, 2.24) is 0 Å². The van der Waals surface area contributed by atoms with Crippen LogP contribution in [-0.4, -0.2) is 6.71 Å². The second-order valence-corrected chi connectivity index (χ2v) is 23.1. The van der Waals surface area contributed by atoms with Crippen molar-refractivity contribution in [3.63, 3.8) is 0 Å². The van der Waals surface area contributed by atoms with Crippen LogP contribution in [-0.2, 0) is 21.7 Å². The Morgan fingerprint density at radius 3 is 1.32 bits per heavy atom. The van der Waals surface area contributed by atoms with Gasteiger partial charge in [-0.2, -0.15) is 0 Å². The van der Waals surface area contributed by atoms with Gasteiger partial charge in [-0.25, -0.2) is 0 Å². The van der Waals surface area contributed by atoms with Gasteiger partial charge in [0.25, 0.3) is 6.71 Å². The summed E-state index contributed by atoms with van der Waals surface area (Å²) in [5, 5.41) is 1.64. The van der Waals surface area contributed by atoms with Crippen LogP contribution in [0.15, 0.2) is 194 Å². The molecule has 72 heavy (non-hydrogen) atoms. The lowest BCUT2D eigenvalue weighted by atomic mass is 9.33. The molecule has 0 aromatic heterocycles. The topological polar surface area (TPSA) is 9.72 Å². The molecule has 9 aromatic carbocycles. The summed E-state index contributed by atoms with van der Waals surface area (Å²) in [7, 11) is 0. The van der Waals surface area contributed by atoms with Crippen molar-refractivity contribution >= 4 is 85.1 Å². The van der Waals surface area contributed by atoms with Gasteiger partial charge >= 0.3 is 0 Å².